The molecule has 0 fully saturated rings. The van der Waals surface area contributed by atoms with E-state index in [0.29, 0.717) is 6.04 Å². The van der Waals surface area contributed by atoms with Crippen LogP contribution in [-0.2, 0) is 0 Å². The summed E-state index contributed by atoms with van der Waals surface area (Å²) in [6.07, 6.45) is 6.06. The van der Waals surface area contributed by atoms with Crippen molar-refractivity contribution in [1.29, 1.82) is 0 Å². The maximum absolute atomic E-state index is 3.90. The van der Waals surface area contributed by atoms with E-state index in [4.69, 9.17) is 0 Å². The topological polar surface area (TPSA) is 12.0 Å². The van der Waals surface area contributed by atoms with Crippen LogP contribution in [0.3, 0.4) is 0 Å². The third-order valence-electron chi connectivity index (χ3n) is 1.36. The molecule has 0 aromatic rings. The Hall–Kier alpha value is -0.980. The normalized spacial score (nSPS) is 12.6. The average molecular weight is 165 g/mol. The number of hydrogen-bond donors (Lipinski definition) is 1. The molecule has 12 heavy (non-hydrogen) atoms. The van der Waals surface area contributed by atoms with Crippen molar-refractivity contribution in [3.63, 3.8) is 0 Å². The summed E-state index contributed by atoms with van der Waals surface area (Å²) in [5, 5.41) is 3.32. The predicted octanol–water partition coefficient (Wildman–Crippen LogP) is 3.02. The summed E-state index contributed by atoms with van der Waals surface area (Å²) in [5.74, 6) is 0. The highest BCUT2D eigenvalue weighted by Gasteiger charge is 1.97. The third kappa shape index (κ3) is 4.78. The minimum absolute atomic E-state index is 0.457. The van der Waals surface area contributed by atoms with Gasteiger partial charge in [0.1, 0.15) is 0 Å². The van der Waals surface area contributed by atoms with E-state index in [1.54, 1.807) is 0 Å². The highest BCUT2D eigenvalue weighted by Crippen LogP contribution is 2.03. The molecule has 68 valence electrons. The molecule has 0 aliphatic rings. The summed E-state index contributed by atoms with van der Waals surface area (Å²) in [6, 6.07) is 0.457. The Labute approximate surface area is 75.9 Å². The van der Waals surface area contributed by atoms with Crippen molar-refractivity contribution in [2.75, 3.05) is 0 Å². The van der Waals surface area contributed by atoms with Crippen molar-refractivity contribution >= 4 is 0 Å². The predicted molar refractivity (Wildman–Crippen MR) is 56.0 cm³/mol. The van der Waals surface area contributed by atoms with Crippen LogP contribution in [0.5, 0.6) is 0 Å². The lowest BCUT2D eigenvalue weighted by molar-refractivity contribution is 0.675. The van der Waals surface area contributed by atoms with E-state index in [9.17, 15) is 0 Å². The number of rotatable bonds is 4. The van der Waals surface area contributed by atoms with Crippen LogP contribution in [0.25, 0.3) is 0 Å². The Morgan fingerprint density at radius 1 is 1.42 bits per heavy atom. The van der Waals surface area contributed by atoms with Crippen molar-refractivity contribution in [1.82, 2.24) is 5.32 Å². The van der Waals surface area contributed by atoms with Gasteiger partial charge in [0.2, 0.25) is 0 Å². The zero-order valence-corrected chi connectivity index (χ0v) is 8.52. The number of allylic oxidation sites excluding steroid dienone is 4. The van der Waals surface area contributed by atoms with Gasteiger partial charge in [-0.25, -0.2) is 0 Å². The molecule has 0 saturated carbocycles. The molecule has 0 aliphatic heterocycles. The van der Waals surface area contributed by atoms with Gasteiger partial charge in [-0.3, -0.25) is 0 Å². The maximum atomic E-state index is 3.90. The molecule has 0 radical (unpaired) electrons. The molecule has 0 unspecified atom stereocenters. The second kappa shape index (κ2) is 5.64. The molecule has 0 amide bonds. The molecule has 1 nitrogen and oxygen atoms in total. The fraction of sp³-hybridized carbons (Fsp3) is 0.455. The molecule has 0 atom stereocenters. The Kier molecular flexibility index (Phi) is 5.18. The highest BCUT2D eigenvalue weighted by molar-refractivity contribution is 5.28. The van der Waals surface area contributed by atoms with Crippen molar-refractivity contribution in [3.8, 4) is 0 Å². The van der Waals surface area contributed by atoms with E-state index < -0.39 is 0 Å². The van der Waals surface area contributed by atoms with Crippen LogP contribution in [0.15, 0.2) is 36.1 Å². The standard InChI is InChI=1S/C11H19N/c1-6-7-8-11(9(2)3)12-10(4)5/h6-8,10,12H,2H2,1,3-5H3/b7-6-,11-8+. The molecule has 0 spiro atoms. The lowest BCUT2D eigenvalue weighted by Gasteiger charge is -2.13. The van der Waals surface area contributed by atoms with Crippen LogP contribution in [-0.4, -0.2) is 6.04 Å². The van der Waals surface area contributed by atoms with Gasteiger partial charge in [0.05, 0.1) is 0 Å². The van der Waals surface area contributed by atoms with E-state index in [2.05, 4.69) is 25.7 Å². The summed E-state index contributed by atoms with van der Waals surface area (Å²) in [6.45, 7) is 12.1. The Bertz CT molecular complexity index is 197. The lowest BCUT2D eigenvalue weighted by Crippen LogP contribution is -2.22. The molecule has 0 bridgehead atoms. The molecule has 1 heteroatoms. The van der Waals surface area contributed by atoms with E-state index in [-0.39, 0.29) is 0 Å². The van der Waals surface area contributed by atoms with Crippen LogP contribution >= 0.6 is 0 Å². The van der Waals surface area contributed by atoms with Crippen LogP contribution in [0.4, 0.5) is 0 Å². The largest absolute Gasteiger partial charge is 0.383 e. The van der Waals surface area contributed by atoms with Crippen LogP contribution in [0.2, 0.25) is 0 Å². The van der Waals surface area contributed by atoms with Crippen LogP contribution < -0.4 is 5.32 Å². The summed E-state index contributed by atoms with van der Waals surface area (Å²) in [5.41, 5.74) is 2.19. The van der Waals surface area contributed by atoms with Crippen molar-refractivity contribution in [2.45, 2.75) is 33.7 Å². The molecule has 0 aromatic carbocycles. The van der Waals surface area contributed by atoms with Gasteiger partial charge >= 0.3 is 0 Å². The first-order chi connectivity index (χ1) is 5.57. The summed E-state index contributed by atoms with van der Waals surface area (Å²) in [7, 11) is 0. The number of hydrogen-bond acceptors (Lipinski definition) is 1. The molecule has 0 saturated heterocycles. The minimum atomic E-state index is 0.457. The first-order valence-electron chi connectivity index (χ1n) is 4.33. The van der Waals surface area contributed by atoms with E-state index in [1.165, 1.54) is 0 Å². The zero-order chi connectivity index (χ0) is 9.56. The Morgan fingerprint density at radius 3 is 2.33 bits per heavy atom. The van der Waals surface area contributed by atoms with Crippen molar-refractivity contribution in [2.24, 2.45) is 0 Å². The maximum Gasteiger partial charge on any atom is 0.0365 e. The van der Waals surface area contributed by atoms with Gasteiger partial charge in [0, 0.05) is 11.7 Å². The van der Waals surface area contributed by atoms with Crippen LogP contribution in [0.1, 0.15) is 27.7 Å². The molecule has 1 N–H and O–H groups in total. The molecule has 0 aromatic heterocycles. The van der Waals surface area contributed by atoms with Gasteiger partial charge in [-0.1, -0.05) is 18.7 Å². The minimum Gasteiger partial charge on any atom is -0.383 e. The van der Waals surface area contributed by atoms with E-state index in [1.807, 2.05) is 32.1 Å². The quantitative estimate of drug-likeness (QED) is 0.631. The Balaban J connectivity index is 4.33. The summed E-state index contributed by atoms with van der Waals surface area (Å²) < 4.78 is 0. The monoisotopic (exact) mass is 165 g/mol. The SMILES string of the molecule is C=C(C)/C(=C\C=C/C)NC(C)C. The van der Waals surface area contributed by atoms with Gasteiger partial charge in [0.15, 0.2) is 0 Å². The van der Waals surface area contributed by atoms with Crippen molar-refractivity contribution in [3.05, 3.63) is 36.1 Å². The first-order valence-corrected chi connectivity index (χ1v) is 4.33. The zero-order valence-electron chi connectivity index (χ0n) is 8.52. The van der Waals surface area contributed by atoms with Crippen LogP contribution in [0, 0.1) is 0 Å². The lowest BCUT2D eigenvalue weighted by atomic mass is 10.2. The fourth-order valence-electron chi connectivity index (χ4n) is 0.817. The second-order valence-electron chi connectivity index (χ2n) is 3.19. The van der Waals surface area contributed by atoms with Gasteiger partial charge in [0.25, 0.3) is 0 Å². The molecule has 0 heterocycles. The van der Waals surface area contributed by atoms with Gasteiger partial charge < -0.3 is 5.32 Å². The highest BCUT2D eigenvalue weighted by atomic mass is 14.9. The van der Waals surface area contributed by atoms with E-state index >= 15 is 0 Å². The summed E-state index contributed by atoms with van der Waals surface area (Å²) >= 11 is 0. The van der Waals surface area contributed by atoms with Gasteiger partial charge in [-0.2, -0.15) is 0 Å². The third-order valence-corrected chi connectivity index (χ3v) is 1.36. The van der Waals surface area contributed by atoms with Gasteiger partial charge in [-0.15, -0.1) is 0 Å². The second-order valence-corrected chi connectivity index (χ2v) is 3.19. The van der Waals surface area contributed by atoms with Gasteiger partial charge in [-0.05, 0) is 39.3 Å². The smallest absolute Gasteiger partial charge is 0.0365 e. The number of nitrogens with one attached hydrogen (secondary N) is 1. The summed E-state index contributed by atoms with van der Waals surface area (Å²) in [4.78, 5) is 0. The fourth-order valence-corrected chi connectivity index (χ4v) is 0.817. The molecule has 0 rings (SSSR count). The molecular formula is C11H19N. The first kappa shape index (κ1) is 11.0. The average Bonchev–Trinajstić information content (AvgIpc) is 1.96. The van der Waals surface area contributed by atoms with E-state index in [0.717, 1.165) is 11.3 Å². The molecular weight excluding hydrogens is 146 g/mol. The van der Waals surface area contributed by atoms with Crippen molar-refractivity contribution < 1.29 is 0 Å². The molecule has 0 aliphatic carbocycles. The Morgan fingerprint density at radius 2 is 2.00 bits per heavy atom.